The quantitative estimate of drug-likeness (QED) is 0.767. The molecular formula is C12H23N3O. The van der Waals surface area contributed by atoms with Crippen molar-refractivity contribution in [3.05, 3.63) is 17.5 Å². The minimum Gasteiger partial charge on any atom is -0.396 e. The molecule has 1 rings (SSSR count). The molecule has 0 spiro atoms. The smallest absolute Gasteiger partial charge is 0.0597 e. The van der Waals surface area contributed by atoms with Crippen LogP contribution in [0.4, 0.5) is 0 Å². The van der Waals surface area contributed by atoms with Crippen molar-refractivity contribution in [2.75, 3.05) is 13.2 Å². The number of nitrogens with zero attached hydrogens (tertiary/aromatic N) is 2. The van der Waals surface area contributed by atoms with Gasteiger partial charge >= 0.3 is 0 Å². The van der Waals surface area contributed by atoms with E-state index in [2.05, 4.69) is 23.4 Å². The van der Waals surface area contributed by atoms with E-state index >= 15 is 0 Å². The molecule has 0 aromatic carbocycles. The molecule has 0 bridgehead atoms. The summed E-state index contributed by atoms with van der Waals surface area (Å²) in [4.78, 5) is 0. The number of aromatic nitrogens is 2. The molecule has 0 unspecified atom stereocenters. The molecule has 1 aromatic heterocycles. The van der Waals surface area contributed by atoms with Gasteiger partial charge in [0.25, 0.3) is 0 Å². The van der Waals surface area contributed by atoms with Crippen molar-refractivity contribution in [1.29, 1.82) is 0 Å². The van der Waals surface area contributed by atoms with Gasteiger partial charge in [-0.05, 0) is 19.9 Å². The highest BCUT2D eigenvalue weighted by atomic mass is 16.3. The summed E-state index contributed by atoms with van der Waals surface area (Å²) in [6.07, 6.45) is 0. The molecule has 92 valence electrons. The second-order valence-electron chi connectivity index (χ2n) is 5.02. The first-order valence-electron chi connectivity index (χ1n) is 5.83. The van der Waals surface area contributed by atoms with Gasteiger partial charge < -0.3 is 10.4 Å². The summed E-state index contributed by atoms with van der Waals surface area (Å²) >= 11 is 0. The van der Waals surface area contributed by atoms with Gasteiger partial charge in [0.05, 0.1) is 11.4 Å². The van der Waals surface area contributed by atoms with Crippen LogP contribution in [0.1, 0.15) is 32.2 Å². The third kappa shape index (κ3) is 3.61. The molecule has 0 atom stereocenters. The van der Waals surface area contributed by atoms with Gasteiger partial charge in [-0.25, -0.2) is 0 Å². The molecule has 0 aliphatic heterocycles. The Balaban J connectivity index is 2.48. The van der Waals surface area contributed by atoms with Crippen LogP contribution in [0.5, 0.6) is 0 Å². The second-order valence-corrected chi connectivity index (χ2v) is 5.02. The fraction of sp³-hybridized carbons (Fsp3) is 0.750. The van der Waals surface area contributed by atoms with Crippen LogP contribution in [0.25, 0.3) is 0 Å². The molecule has 1 aromatic rings. The van der Waals surface area contributed by atoms with E-state index in [0.29, 0.717) is 0 Å². The molecule has 0 aliphatic carbocycles. The molecule has 4 nitrogen and oxygen atoms in total. The third-order valence-electron chi connectivity index (χ3n) is 2.62. The van der Waals surface area contributed by atoms with Gasteiger partial charge in [-0.3, -0.25) is 4.68 Å². The van der Waals surface area contributed by atoms with E-state index in [1.54, 1.807) is 0 Å². The number of aryl methyl sites for hydroxylation is 2. The molecule has 0 radical (unpaired) electrons. The maximum atomic E-state index is 9.14. The highest BCUT2D eigenvalue weighted by molar-refractivity contribution is 5.08. The Morgan fingerprint density at radius 3 is 2.75 bits per heavy atom. The minimum absolute atomic E-state index is 0.0634. The number of rotatable bonds is 6. The fourth-order valence-electron chi connectivity index (χ4n) is 1.60. The average molecular weight is 225 g/mol. The number of aliphatic hydroxyl groups excluding tert-OH is 1. The zero-order valence-corrected chi connectivity index (χ0v) is 10.7. The van der Waals surface area contributed by atoms with E-state index in [1.807, 2.05) is 25.5 Å². The van der Waals surface area contributed by atoms with Crippen LogP contribution < -0.4 is 5.32 Å². The highest BCUT2D eigenvalue weighted by Gasteiger charge is 2.15. The Kier molecular flexibility index (Phi) is 4.50. The standard InChI is InChI=1S/C12H23N3O/c1-5-15-11(6-10(2)14-15)7-13-8-12(3,4)9-16/h6,13,16H,5,7-9H2,1-4H3. The predicted molar refractivity (Wildman–Crippen MR) is 65.2 cm³/mol. The second kappa shape index (κ2) is 5.46. The zero-order chi connectivity index (χ0) is 12.2. The molecule has 0 aliphatic rings. The van der Waals surface area contributed by atoms with Crippen LogP contribution in [0, 0.1) is 12.3 Å². The Morgan fingerprint density at radius 1 is 1.50 bits per heavy atom. The molecule has 0 fully saturated rings. The maximum absolute atomic E-state index is 9.14. The topological polar surface area (TPSA) is 50.1 Å². The average Bonchev–Trinajstić information content (AvgIpc) is 2.59. The van der Waals surface area contributed by atoms with E-state index in [4.69, 9.17) is 5.11 Å². The van der Waals surface area contributed by atoms with E-state index < -0.39 is 0 Å². The summed E-state index contributed by atoms with van der Waals surface area (Å²) in [6, 6.07) is 2.10. The van der Waals surface area contributed by atoms with E-state index in [9.17, 15) is 0 Å². The molecule has 1 heterocycles. The summed E-state index contributed by atoms with van der Waals surface area (Å²) in [5.74, 6) is 0. The summed E-state index contributed by atoms with van der Waals surface area (Å²) in [5, 5.41) is 16.9. The predicted octanol–water partition coefficient (Wildman–Crippen LogP) is 1.32. The first-order chi connectivity index (χ1) is 7.48. The van der Waals surface area contributed by atoms with Gasteiger partial charge in [-0.15, -0.1) is 0 Å². The molecule has 0 saturated carbocycles. The van der Waals surface area contributed by atoms with Crippen LogP contribution in [-0.2, 0) is 13.1 Å². The van der Waals surface area contributed by atoms with Crippen molar-refractivity contribution >= 4 is 0 Å². The Morgan fingerprint density at radius 2 is 2.19 bits per heavy atom. The molecule has 16 heavy (non-hydrogen) atoms. The first kappa shape index (κ1) is 13.2. The van der Waals surface area contributed by atoms with Gasteiger partial charge in [0.2, 0.25) is 0 Å². The lowest BCUT2D eigenvalue weighted by Crippen LogP contribution is -2.32. The molecule has 0 amide bonds. The lowest BCUT2D eigenvalue weighted by molar-refractivity contribution is 0.156. The summed E-state index contributed by atoms with van der Waals surface area (Å²) in [7, 11) is 0. The van der Waals surface area contributed by atoms with Gasteiger partial charge in [-0.1, -0.05) is 13.8 Å². The SMILES string of the molecule is CCn1nc(C)cc1CNCC(C)(C)CO. The van der Waals surface area contributed by atoms with Gasteiger partial charge in [0.15, 0.2) is 0 Å². The Labute approximate surface area is 97.7 Å². The van der Waals surface area contributed by atoms with Crippen molar-refractivity contribution in [2.45, 2.75) is 40.8 Å². The molecule has 2 N–H and O–H groups in total. The highest BCUT2D eigenvalue weighted by Crippen LogP contribution is 2.12. The normalized spacial score (nSPS) is 12.1. The van der Waals surface area contributed by atoms with Crippen molar-refractivity contribution in [3.8, 4) is 0 Å². The minimum atomic E-state index is -0.0634. The van der Waals surface area contributed by atoms with Crippen LogP contribution in [0.3, 0.4) is 0 Å². The van der Waals surface area contributed by atoms with Crippen molar-refractivity contribution in [3.63, 3.8) is 0 Å². The van der Waals surface area contributed by atoms with Crippen LogP contribution in [0.2, 0.25) is 0 Å². The zero-order valence-electron chi connectivity index (χ0n) is 10.7. The maximum Gasteiger partial charge on any atom is 0.0597 e. The van der Waals surface area contributed by atoms with Gasteiger partial charge in [0.1, 0.15) is 0 Å². The summed E-state index contributed by atoms with van der Waals surface area (Å²) in [5.41, 5.74) is 2.19. The number of nitrogens with one attached hydrogen (secondary N) is 1. The lowest BCUT2D eigenvalue weighted by atomic mass is 9.95. The lowest BCUT2D eigenvalue weighted by Gasteiger charge is -2.21. The van der Waals surface area contributed by atoms with Crippen molar-refractivity contribution < 1.29 is 5.11 Å². The summed E-state index contributed by atoms with van der Waals surface area (Å²) in [6.45, 7) is 10.9. The van der Waals surface area contributed by atoms with E-state index in [-0.39, 0.29) is 12.0 Å². The van der Waals surface area contributed by atoms with Gasteiger partial charge in [-0.2, -0.15) is 5.10 Å². The van der Waals surface area contributed by atoms with Crippen LogP contribution in [0.15, 0.2) is 6.07 Å². The fourth-order valence-corrected chi connectivity index (χ4v) is 1.60. The Bertz CT molecular complexity index is 331. The Hall–Kier alpha value is -0.870. The summed E-state index contributed by atoms with van der Waals surface area (Å²) < 4.78 is 2.01. The third-order valence-corrected chi connectivity index (χ3v) is 2.62. The van der Waals surface area contributed by atoms with Crippen LogP contribution >= 0.6 is 0 Å². The number of hydrogen-bond donors (Lipinski definition) is 2. The molecule has 4 heteroatoms. The van der Waals surface area contributed by atoms with Gasteiger partial charge in [0, 0.05) is 31.7 Å². The molecular weight excluding hydrogens is 202 g/mol. The van der Waals surface area contributed by atoms with Crippen molar-refractivity contribution in [1.82, 2.24) is 15.1 Å². The first-order valence-corrected chi connectivity index (χ1v) is 5.83. The van der Waals surface area contributed by atoms with Crippen molar-refractivity contribution in [2.24, 2.45) is 5.41 Å². The monoisotopic (exact) mass is 225 g/mol. The van der Waals surface area contributed by atoms with Crippen LogP contribution in [-0.4, -0.2) is 28.0 Å². The van der Waals surface area contributed by atoms with E-state index in [0.717, 1.165) is 25.3 Å². The number of hydrogen-bond acceptors (Lipinski definition) is 3. The largest absolute Gasteiger partial charge is 0.396 e. The molecule has 0 saturated heterocycles. The van der Waals surface area contributed by atoms with E-state index in [1.165, 1.54) is 5.69 Å². The number of aliphatic hydroxyl groups is 1.